The number of hydrogen-bond acceptors (Lipinski definition) is 8. The second kappa shape index (κ2) is 22.3. The van der Waals surface area contributed by atoms with Gasteiger partial charge in [0, 0.05) is 16.4 Å². The van der Waals surface area contributed by atoms with E-state index in [9.17, 15) is 9.59 Å². The van der Waals surface area contributed by atoms with E-state index >= 15 is 0 Å². The van der Waals surface area contributed by atoms with E-state index in [1.165, 1.54) is 22.3 Å². The second-order valence-corrected chi connectivity index (χ2v) is 20.9. The minimum atomic E-state index is -0.803. The highest BCUT2D eigenvalue weighted by atomic mass is 16.8. The lowest BCUT2D eigenvalue weighted by Gasteiger charge is -2.34. The van der Waals surface area contributed by atoms with Crippen LogP contribution in [0.25, 0.3) is 0 Å². The van der Waals surface area contributed by atoms with Crippen molar-refractivity contribution in [1.29, 1.82) is 0 Å². The van der Waals surface area contributed by atoms with Gasteiger partial charge < -0.3 is 38.8 Å². The number of rotatable bonds is 18. The van der Waals surface area contributed by atoms with Crippen LogP contribution in [0.3, 0.4) is 0 Å². The number of aryl methyl sites for hydroxylation is 4. The van der Waals surface area contributed by atoms with E-state index in [0.29, 0.717) is 32.8 Å². The lowest BCUT2D eigenvalue weighted by Crippen LogP contribution is -2.41. The van der Waals surface area contributed by atoms with Crippen LogP contribution < -0.4 is 14.8 Å². The van der Waals surface area contributed by atoms with Gasteiger partial charge in [-0.3, -0.25) is 9.59 Å². The summed E-state index contributed by atoms with van der Waals surface area (Å²) in [7, 11) is 0. The minimum absolute atomic E-state index is 0.0510. The number of carboxylic acid groups (broad SMARTS) is 1. The van der Waals surface area contributed by atoms with E-state index in [1.54, 1.807) is 0 Å². The summed E-state index contributed by atoms with van der Waals surface area (Å²) in [5.41, 5.74) is 10.9. The standard InChI is InChI=1S/C31H45NO4.C27H36O5/c1-10-31(11-2,24-13-12-23(21(3)16-24)18-28(33)32-29(5,6)7)25-14-15-27(22(4)17-25)34-19-26-20-35-30(8,9)36-26;1-7-27(8-2,21-10-9-20(15-25(28)29)18(3)13-21)22-11-12-24(19(4)14-22)30-16-23-17-31-26(5,6)32-23/h12-17,26H,10-11,18-20H2,1-9H3,(H,32,33);9-14,23H,7-8,15-17H2,1-6H3,(H,28,29)/t26-;23-/m11/s1. The summed E-state index contributed by atoms with van der Waals surface area (Å²) in [5, 5.41) is 12.2. The third kappa shape index (κ3) is 13.5. The first-order chi connectivity index (χ1) is 31.9. The van der Waals surface area contributed by atoms with Crippen molar-refractivity contribution >= 4 is 11.9 Å². The van der Waals surface area contributed by atoms with Crippen LogP contribution in [0, 0.1) is 27.7 Å². The molecule has 0 saturated carbocycles. The predicted molar refractivity (Wildman–Crippen MR) is 271 cm³/mol. The molecule has 10 heteroatoms. The zero-order chi connectivity index (χ0) is 50.2. The largest absolute Gasteiger partial charge is 0.491 e. The Bertz CT molecular complexity index is 2350. The number of carbonyl (C=O) groups is 2. The lowest BCUT2D eigenvalue weighted by molar-refractivity contribution is -0.141. The summed E-state index contributed by atoms with van der Waals surface area (Å²) in [4.78, 5) is 23.6. The van der Waals surface area contributed by atoms with E-state index in [2.05, 4.69) is 121 Å². The van der Waals surface area contributed by atoms with Crippen molar-refractivity contribution in [3.05, 3.63) is 128 Å². The molecule has 0 unspecified atom stereocenters. The van der Waals surface area contributed by atoms with Gasteiger partial charge >= 0.3 is 5.97 Å². The smallest absolute Gasteiger partial charge is 0.307 e. The summed E-state index contributed by atoms with van der Waals surface area (Å²) in [6, 6.07) is 25.8. The van der Waals surface area contributed by atoms with Gasteiger partial charge in [-0.25, -0.2) is 0 Å². The average molecular weight is 936 g/mol. The van der Waals surface area contributed by atoms with Crippen molar-refractivity contribution in [3.8, 4) is 11.5 Å². The zero-order valence-electron chi connectivity index (χ0n) is 43.9. The van der Waals surface area contributed by atoms with Gasteiger partial charge in [0.05, 0.1) is 26.1 Å². The van der Waals surface area contributed by atoms with Gasteiger partial charge in [-0.05, 0) is 170 Å². The molecule has 2 heterocycles. The molecule has 2 N–H and O–H groups in total. The van der Waals surface area contributed by atoms with Gasteiger partial charge in [-0.15, -0.1) is 0 Å². The van der Waals surface area contributed by atoms with Crippen molar-refractivity contribution in [3.63, 3.8) is 0 Å². The van der Waals surface area contributed by atoms with E-state index in [0.717, 1.165) is 70.6 Å². The summed E-state index contributed by atoms with van der Waals surface area (Å²) < 4.78 is 35.2. The van der Waals surface area contributed by atoms with Crippen molar-refractivity contribution in [2.24, 2.45) is 0 Å². The van der Waals surface area contributed by atoms with E-state index in [4.69, 9.17) is 33.5 Å². The first kappa shape index (κ1) is 54.2. The van der Waals surface area contributed by atoms with Crippen molar-refractivity contribution in [2.75, 3.05) is 26.4 Å². The first-order valence-corrected chi connectivity index (χ1v) is 24.7. The molecule has 0 aliphatic carbocycles. The molecule has 0 spiro atoms. The van der Waals surface area contributed by atoms with Crippen molar-refractivity contribution in [1.82, 2.24) is 5.32 Å². The molecule has 1 amide bonds. The van der Waals surface area contributed by atoms with Crippen molar-refractivity contribution < 1.29 is 43.1 Å². The van der Waals surface area contributed by atoms with Gasteiger partial charge in [-0.1, -0.05) is 88.4 Å². The molecule has 372 valence electrons. The normalized spacial score (nSPS) is 17.9. The molecule has 2 fully saturated rings. The number of ether oxygens (including phenoxy) is 6. The molecule has 2 saturated heterocycles. The highest BCUT2D eigenvalue weighted by Crippen LogP contribution is 2.43. The Hall–Kier alpha value is -4.74. The molecule has 2 aliphatic rings. The van der Waals surface area contributed by atoms with Crippen LogP contribution in [0.15, 0.2) is 72.8 Å². The third-order valence-corrected chi connectivity index (χ3v) is 13.9. The van der Waals surface area contributed by atoms with Crippen molar-refractivity contribution in [2.45, 2.75) is 183 Å². The molecule has 68 heavy (non-hydrogen) atoms. The number of aliphatic carboxylic acids is 1. The van der Waals surface area contributed by atoms with Crippen LogP contribution >= 0.6 is 0 Å². The van der Waals surface area contributed by atoms with Crippen LogP contribution in [0.5, 0.6) is 11.5 Å². The number of benzene rings is 4. The van der Waals surface area contributed by atoms with Crippen LogP contribution in [0.1, 0.15) is 157 Å². The fraction of sp³-hybridized carbons (Fsp3) is 0.552. The predicted octanol–water partition coefficient (Wildman–Crippen LogP) is 12.0. The summed E-state index contributed by atoms with van der Waals surface area (Å²) in [6.45, 7) is 32.9. The van der Waals surface area contributed by atoms with E-state index in [-0.39, 0.29) is 40.9 Å². The molecular weight excluding hydrogens is 855 g/mol. The highest BCUT2D eigenvalue weighted by molar-refractivity contribution is 5.79. The van der Waals surface area contributed by atoms with Crippen LogP contribution in [0.4, 0.5) is 0 Å². The first-order valence-electron chi connectivity index (χ1n) is 24.7. The minimum Gasteiger partial charge on any atom is -0.491 e. The number of hydrogen-bond donors (Lipinski definition) is 2. The van der Waals surface area contributed by atoms with E-state index in [1.807, 2.05) is 61.5 Å². The summed E-state index contributed by atoms with van der Waals surface area (Å²) in [5.74, 6) is -0.103. The van der Waals surface area contributed by atoms with Gasteiger partial charge in [-0.2, -0.15) is 0 Å². The molecule has 0 radical (unpaired) electrons. The topological polar surface area (TPSA) is 122 Å². The Morgan fingerprint density at radius 1 is 0.588 bits per heavy atom. The van der Waals surface area contributed by atoms with Gasteiger partial charge in [0.1, 0.15) is 36.9 Å². The van der Waals surface area contributed by atoms with Crippen LogP contribution in [-0.4, -0.2) is 72.7 Å². The number of nitrogens with one attached hydrogen (secondary N) is 1. The van der Waals surface area contributed by atoms with Gasteiger partial charge in [0.25, 0.3) is 0 Å². The maximum Gasteiger partial charge on any atom is 0.307 e. The Kier molecular flexibility index (Phi) is 17.8. The Morgan fingerprint density at radius 2 is 0.941 bits per heavy atom. The maximum absolute atomic E-state index is 12.5. The molecule has 2 aliphatic heterocycles. The molecular formula is C58H81NO9. The second-order valence-electron chi connectivity index (χ2n) is 20.9. The quantitative estimate of drug-likeness (QED) is 0.100. The van der Waals surface area contributed by atoms with Crippen LogP contribution in [-0.2, 0) is 52.2 Å². The summed E-state index contributed by atoms with van der Waals surface area (Å²) in [6.07, 6.45) is 4.18. The third-order valence-electron chi connectivity index (χ3n) is 13.9. The van der Waals surface area contributed by atoms with E-state index < -0.39 is 17.5 Å². The fourth-order valence-corrected chi connectivity index (χ4v) is 9.92. The van der Waals surface area contributed by atoms with Gasteiger partial charge in [0.15, 0.2) is 11.6 Å². The maximum atomic E-state index is 12.5. The Morgan fingerprint density at radius 3 is 1.24 bits per heavy atom. The Balaban J connectivity index is 0.000000256. The number of carbonyl (C=O) groups excluding carboxylic acids is 1. The molecule has 4 aromatic rings. The Labute approximate surface area is 407 Å². The van der Waals surface area contributed by atoms with Crippen LogP contribution in [0.2, 0.25) is 0 Å². The van der Waals surface area contributed by atoms with Gasteiger partial charge in [0.2, 0.25) is 5.91 Å². The molecule has 10 nitrogen and oxygen atoms in total. The molecule has 2 atom stereocenters. The molecule has 0 aromatic heterocycles. The molecule has 6 rings (SSSR count). The monoisotopic (exact) mass is 936 g/mol. The SMILES string of the molecule is CCC(CC)(c1ccc(CC(=O)NC(C)(C)C)c(C)c1)c1ccc(OC[C@@H]2COC(C)(C)O2)c(C)c1.CCC(CC)(c1ccc(CC(=O)O)c(C)c1)c1ccc(OC[C@@H]2COC(C)(C)O2)c(C)c1. The molecule has 0 bridgehead atoms. The lowest BCUT2D eigenvalue weighted by atomic mass is 9.69. The number of amides is 1. The summed E-state index contributed by atoms with van der Waals surface area (Å²) >= 11 is 0. The molecule has 4 aromatic carbocycles. The fourth-order valence-electron chi connectivity index (χ4n) is 9.92. The number of carboxylic acids is 1. The highest BCUT2D eigenvalue weighted by Gasteiger charge is 2.36. The average Bonchev–Trinajstić information content (AvgIpc) is 3.81. The zero-order valence-corrected chi connectivity index (χ0v) is 43.9.